The molecule has 0 saturated carbocycles. The maximum absolute atomic E-state index is 11.1. The Kier molecular flexibility index (Phi) is 10.9. The molecule has 0 atom stereocenters. The number of thioether (sulfide) groups is 1. The number of aromatic carboxylic acids is 1. The van der Waals surface area contributed by atoms with Crippen LogP contribution in [0.2, 0.25) is 0 Å². The van der Waals surface area contributed by atoms with Crippen molar-refractivity contribution in [3.8, 4) is 0 Å². The molecule has 0 aliphatic rings. The van der Waals surface area contributed by atoms with Crippen molar-refractivity contribution in [1.82, 2.24) is 5.32 Å². The van der Waals surface area contributed by atoms with Crippen molar-refractivity contribution >= 4 is 17.7 Å². The van der Waals surface area contributed by atoms with Gasteiger partial charge in [-0.25, -0.2) is 4.79 Å². The predicted octanol–water partition coefficient (Wildman–Crippen LogP) is 4.82. The molecule has 0 aliphatic carbocycles. The van der Waals surface area contributed by atoms with Crippen LogP contribution >= 0.6 is 11.8 Å². The van der Waals surface area contributed by atoms with Gasteiger partial charge in [-0.15, -0.1) is 11.8 Å². The number of benzene rings is 1. The smallest absolute Gasteiger partial charge is 0.336 e. The Hall–Kier alpha value is -1.00. The third kappa shape index (κ3) is 8.44. The highest BCUT2D eigenvalue weighted by atomic mass is 32.2. The summed E-state index contributed by atoms with van der Waals surface area (Å²) in [6.07, 6.45) is 8.80. The lowest BCUT2D eigenvalue weighted by Gasteiger charge is -2.06. The van der Waals surface area contributed by atoms with Crippen LogP contribution in [0.25, 0.3) is 0 Å². The summed E-state index contributed by atoms with van der Waals surface area (Å²) in [5, 5.41) is 12.6. The fourth-order valence-corrected chi connectivity index (χ4v) is 3.34. The molecule has 4 heteroatoms. The zero-order chi connectivity index (χ0) is 16.0. The van der Waals surface area contributed by atoms with Gasteiger partial charge in [-0.2, -0.15) is 0 Å². The van der Waals surface area contributed by atoms with Gasteiger partial charge >= 0.3 is 5.97 Å². The Labute approximate surface area is 138 Å². The van der Waals surface area contributed by atoms with Gasteiger partial charge < -0.3 is 10.4 Å². The molecule has 1 aromatic carbocycles. The third-order valence-corrected chi connectivity index (χ3v) is 4.74. The summed E-state index contributed by atoms with van der Waals surface area (Å²) in [5.41, 5.74) is 0.418. The first-order valence-electron chi connectivity index (χ1n) is 8.41. The van der Waals surface area contributed by atoms with Crippen LogP contribution in [0.15, 0.2) is 29.2 Å². The lowest BCUT2D eigenvalue weighted by atomic mass is 10.2. The summed E-state index contributed by atoms with van der Waals surface area (Å²) in [5.74, 6) is 0.149. The second-order valence-corrected chi connectivity index (χ2v) is 6.66. The molecule has 0 heterocycles. The Bertz CT molecular complexity index is 423. The van der Waals surface area contributed by atoms with Gasteiger partial charge in [0.2, 0.25) is 0 Å². The van der Waals surface area contributed by atoms with E-state index in [2.05, 4.69) is 12.2 Å². The number of carbonyl (C=O) groups is 1. The van der Waals surface area contributed by atoms with Crippen molar-refractivity contribution in [3.63, 3.8) is 0 Å². The van der Waals surface area contributed by atoms with Gasteiger partial charge in [0.15, 0.2) is 0 Å². The number of carboxylic acid groups (broad SMARTS) is 1. The van der Waals surface area contributed by atoms with E-state index in [-0.39, 0.29) is 0 Å². The van der Waals surface area contributed by atoms with E-state index in [0.717, 1.165) is 30.2 Å². The van der Waals surface area contributed by atoms with E-state index in [4.69, 9.17) is 5.11 Å². The number of rotatable bonds is 13. The fraction of sp³-hybridized carbons (Fsp3) is 0.611. The van der Waals surface area contributed by atoms with Crippen LogP contribution in [0.3, 0.4) is 0 Å². The van der Waals surface area contributed by atoms with E-state index < -0.39 is 5.97 Å². The zero-order valence-electron chi connectivity index (χ0n) is 13.6. The van der Waals surface area contributed by atoms with E-state index in [1.165, 1.54) is 38.5 Å². The first-order chi connectivity index (χ1) is 10.8. The van der Waals surface area contributed by atoms with Gasteiger partial charge in [0, 0.05) is 4.90 Å². The second kappa shape index (κ2) is 12.5. The van der Waals surface area contributed by atoms with Gasteiger partial charge in [0.25, 0.3) is 0 Å². The van der Waals surface area contributed by atoms with Gasteiger partial charge in [-0.3, -0.25) is 0 Å². The standard InChI is InChI=1S/C18H29NO2S/c1-2-3-4-8-13-19-14-9-5-10-15-22-17-12-7-6-11-16(17)18(20)21/h6-7,11-12,19H,2-5,8-10,13-15H2,1H3,(H,20,21). The molecule has 2 N–H and O–H groups in total. The average Bonchev–Trinajstić information content (AvgIpc) is 2.53. The molecule has 0 unspecified atom stereocenters. The summed E-state index contributed by atoms with van der Waals surface area (Å²) in [6.45, 7) is 4.48. The largest absolute Gasteiger partial charge is 0.478 e. The zero-order valence-corrected chi connectivity index (χ0v) is 14.5. The first kappa shape index (κ1) is 19.0. The fourth-order valence-electron chi connectivity index (χ4n) is 2.28. The molecule has 1 aromatic rings. The number of unbranched alkanes of at least 4 members (excludes halogenated alkanes) is 5. The third-order valence-electron chi connectivity index (χ3n) is 3.58. The van der Waals surface area contributed by atoms with Crippen LogP contribution in [0.1, 0.15) is 62.2 Å². The van der Waals surface area contributed by atoms with Crippen molar-refractivity contribution < 1.29 is 9.90 Å². The summed E-state index contributed by atoms with van der Waals surface area (Å²) in [6, 6.07) is 7.25. The molecule has 0 aromatic heterocycles. The highest BCUT2D eigenvalue weighted by Gasteiger charge is 2.08. The molecule has 0 spiro atoms. The number of carboxylic acids is 1. The quantitative estimate of drug-likeness (QED) is 0.404. The SMILES string of the molecule is CCCCCCNCCCCCSc1ccccc1C(=O)O. The molecular formula is C18H29NO2S. The van der Waals surface area contributed by atoms with Crippen molar-refractivity contribution in [3.05, 3.63) is 29.8 Å². The second-order valence-electron chi connectivity index (χ2n) is 5.52. The highest BCUT2D eigenvalue weighted by Crippen LogP contribution is 2.23. The lowest BCUT2D eigenvalue weighted by Crippen LogP contribution is -2.16. The molecule has 1 rings (SSSR count). The summed E-state index contributed by atoms with van der Waals surface area (Å²) < 4.78 is 0. The van der Waals surface area contributed by atoms with Crippen molar-refractivity contribution in [2.24, 2.45) is 0 Å². The molecular weight excluding hydrogens is 294 g/mol. The van der Waals surface area contributed by atoms with E-state index in [9.17, 15) is 4.79 Å². The average molecular weight is 324 g/mol. The Morgan fingerprint density at radius 3 is 2.41 bits per heavy atom. The number of nitrogens with one attached hydrogen (secondary N) is 1. The molecule has 0 bridgehead atoms. The van der Waals surface area contributed by atoms with Crippen molar-refractivity contribution in [2.45, 2.75) is 56.8 Å². The lowest BCUT2D eigenvalue weighted by molar-refractivity contribution is 0.0693. The van der Waals surface area contributed by atoms with Gasteiger partial charge in [0.05, 0.1) is 5.56 Å². The van der Waals surface area contributed by atoms with Crippen LogP contribution in [0.4, 0.5) is 0 Å². The van der Waals surface area contributed by atoms with E-state index in [1.54, 1.807) is 23.9 Å². The molecule has 0 amide bonds. The minimum Gasteiger partial charge on any atom is -0.478 e. The summed E-state index contributed by atoms with van der Waals surface area (Å²) in [4.78, 5) is 12.0. The van der Waals surface area contributed by atoms with Crippen LogP contribution in [-0.2, 0) is 0 Å². The van der Waals surface area contributed by atoms with E-state index >= 15 is 0 Å². The molecule has 0 radical (unpaired) electrons. The van der Waals surface area contributed by atoms with Gasteiger partial charge in [0.1, 0.15) is 0 Å². The van der Waals surface area contributed by atoms with Gasteiger partial charge in [-0.1, -0.05) is 44.7 Å². The first-order valence-corrected chi connectivity index (χ1v) is 9.40. The molecule has 3 nitrogen and oxygen atoms in total. The van der Waals surface area contributed by atoms with Crippen LogP contribution in [0, 0.1) is 0 Å². The monoisotopic (exact) mass is 323 g/mol. The molecule has 0 fully saturated rings. The maximum atomic E-state index is 11.1. The number of hydrogen-bond acceptors (Lipinski definition) is 3. The normalized spacial score (nSPS) is 10.8. The molecule has 0 aliphatic heterocycles. The van der Waals surface area contributed by atoms with E-state index in [1.807, 2.05) is 12.1 Å². The topological polar surface area (TPSA) is 49.3 Å². The maximum Gasteiger partial charge on any atom is 0.336 e. The van der Waals surface area contributed by atoms with Crippen LogP contribution < -0.4 is 5.32 Å². The Morgan fingerprint density at radius 2 is 1.73 bits per heavy atom. The molecule has 0 saturated heterocycles. The van der Waals surface area contributed by atoms with E-state index in [0.29, 0.717) is 5.56 Å². The van der Waals surface area contributed by atoms with Gasteiger partial charge in [-0.05, 0) is 50.2 Å². The molecule has 22 heavy (non-hydrogen) atoms. The predicted molar refractivity (Wildman–Crippen MR) is 95.0 cm³/mol. The van der Waals surface area contributed by atoms with Crippen LogP contribution in [-0.4, -0.2) is 29.9 Å². The summed E-state index contributed by atoms with van der Waals surface area (Å²) in [7, 11) is 0. The Morgan fingerprint density at radius 1 is 1.05 bits per heavy atom. The van der Waals surface area contributed by atoms with Crippen molar-refractivity contribution in [1.29, 1.82) is 0 Å². The Balaban J connectivity index is 2.01. The van der Waals surface area contributed by atoms with Crippen molar-refractivity contribution in [2.75, 3.05) is 18.8 Å². The highest BCUT2D eigenvalue weighted by molar-refractivity contribution is 7.99. The molecule has 124 valence electrons. The minimum atomic E-state index is -0.838. The number of hydrogen-bond donors (Lipinski definition) is 2. The van der Waals surface area contributed by atoms with Crippen LogP contribution in [0.5, 0.6) is 0 Å². The minimum absolute atomic E-state index is 0.418. The summed E-state index contributed by atoms with van der Waals surface area (Å²) >= 11 is 1.65.